The molecule has 0 saturated carbocycles. The van der Waals surface area contributed by atoms with Gasteiger partial charge in [0.05, 0.1) is 11.9 Å². The Bertz CT molecular complexity index is 862. The maximum Gasteiger partial charge on any atom is 0.285 e. The van der Waals surface area contributed by atoms with E-state index < -0.39 is 0 Å². The van der Waals surface area contributed by atoms with E-state index in [4.69, 9.17) is 21.1 Å². The predicted octanol–water partition coefficient (Wildman–Crippen LogP) is 2.49. The van der Waals surface area contributed by atoms with Crippen molar-refractivity contribution in [1.82, 2.24) is 10.2 Å². The Balaban J connectivity index is 1.56. The van der Waals surface area contributed by atoms with Gasteiger partial charge in [-0.2, -0.15) is 5.10 Å². The van der Waals surface area contributed by atoms with E-state index in [1.807, 2.05) is 17.0 Å². The van der Waals surface area contributed by atoms with Crippen molar-refractivity contribution >= 4 is 22.9 Å². The van der Waals surface area contributed by atoms with Crippen molar-refractivity contribution in [2.75, 3.05) is 31.2 Å². The Labute approximate surface area is 143 Å². The molecule has 1 aromatic carbocycles. The first-order chi connectivity index (χ1) is 11.7. The van der Waals surface area contributed by atoms with Crippen LogP contribution in [0.15, 0.2) is 35.3 Å². The molecule has 0 fully saturated rings. The molecule has 0 spiro atoms. The van der Waals surface area contributed by atoms with E-state index in [1.165, 1.54) is 5.57 Å². The molecule has 24 heavy (non-hydrogen) atoms. The second kappa shape index (κ2) is 6.20. The molecule has 1 N–H and O–H groups in total. The first kappa shape index (κ1) is 15.1. The number of benzene rings is 1. The largest absolute Gasteiger partial charge is 0.486 e. The molecule has 3 heterocycles. The van der Waals surface area contributed by atoms with Crippen molar-refractivity contribution in [1.29, 1.82) is 0 Å². The first-order valence-corrected chi connectivity index (χ1v) is 8.17. The molecule has 7 heteroatoms. The molecule has 0 unspecified atom stereocenters. The summed E-state index contributed by atoms with van der Waals surface area (Å²) in [5.74, 6) is 1.59. The van der Waals surface area contributed by atoms with Gasteiger partial charge in [-0.3, -0.25) is 4.79 Å². The highest BCUT2D eigenvalue weighted by atomic mass is 35.5. The maximum atomic E-state index is 11.6. The lowest BCUT2D eigenvalue weighted by molar-refractivity contribution is 0.171. The molecule has 0 atom stereocenters. The number of aromatic amines is 1. The molecule has 2 aliphatic heterocycles. The van der Waals surface area contributed by atoms with Crippen LogP contribution in [-0.4, -0.2) is 36.5 Å². The van der Waals surface area contributed by atoms with Gasteiger partial charge in [0.2, 0.25) is 0 Å². The molecule has 1 aromatic heterocycles. The fraction of sp³-hybridized carbons (Fsp3) is 0.294. The van der Waals surface area contributed by atoms with Crippen LogP contribution in [0.5, 0.6) is 11.5 Å². The van der Waals surface area contributed by atoms with Crippen molar-refractivity contribution in [3.05, 3.63) is 51.4 Å². The average molecular weight is 346 g/mol. The number of rotatable bonds is 2. The number of nitrogens with one attached hydrogen (secondary N) is 1. The van der Waals surface area contributed by atoms with Gasteiger partial charge < -0.3 is 14.4 Å². The van der Waals surface area contributed by atoms with Gasteiger partial charge in [0.25, 0.3) is 5.56 Å². The number of aromatic nitrogens is 2. The average Bonchev–Trinajstić information content (AvgIpc) is 2.64. The van der Waals surface area contributed by atoms with Crippen LogP contribution < -0.4 is 19.9 Å². The minimum Gasteiger partial charge on any atom is -0.486 e. The fourth-order valence-corrected chi connectivity index (χ4v) is 3.20. The number of hydrogen-bond acceptors (Lipinski definition) is 5. The lowest BCUT2D eigenvalue weighted by atomic mass is 9.98. The quantitative estimate of drug-likeness (QED) is 0.905. The lowest BCUT2D eigenvalue weighted by Crippen LogP contribution is -2.30. The number of halogens is 1. The Morgan fingerprint density at radius 3 is 2.83 bits per heavy atom. The molecule has 0 bridgehead atoms. The van der Waals surface area contributed by atoms with Gasteiger partial charge in [-0.15, -0.1) is 0 Å². The van der Waals surface area contributed by atoms with E-state index in [0.29, 0.717) is 25.4 Å². The Hall–Kier alpha value is -2.47. The summed E-state index contributed by atoms with van der Waals surface area (Å²) >= 11 is 6.08. The summed E-state index contributed by atoms with van der Waals surface area (Å²) in [6, 6.07) is 6.03. The Morgan fingerprint density at radius 2 is 2.04 bits per heavy atom. The standard InChI is InChI=1S/C17H16ClN3O3/c18-16-13(10-19-20-17(16)22)21-5-3-11(4-6-21)12-1-2-14-15(9-12)24-8-7-23-14/h1-3,9-10H,4-8H2,(H,20,22). The van der Waals surface area contributed by atoms with Crippen LogP contribution in [0.1, 0.15) is 12.0 Å². The normalized spacial score (nSPS) is 16.7. The molecular formula is C17H16ClN3O3. The summed E-state index contributed by atoms with van der Waals surface area (Å²) in [6.45, 7) is 2.62. The zero-order chi connectivity index (χ0) is 16.5. The highest BCUT2D eigenvalue weighted by Gasteiger charge is 2.19. The number of hydrogen-bond donors (Lipinski definition) is 1. The molecule has 4 rings (SSSR count). The van der Waals surface area contributed by atoms with Gasteiger partial charge in [0.15, 0.2) is 11.5 Å². The Morgan fingerprint density at radius 1 is 1.21 bits per heavy atom. The third-order valence-corrected chi connectivity index (χ3v) is 4.61. The first-order valence-electron chi connectivity index (χ1n) is 7.79. The third kappa shape index (κ3) is 2.73. The van der Waals surface area contributed by atoms with Crippen LogP contribution in [0.2, 0.25) is 5.02 Å². The van der Waals surface area contributed by atoms with Crippen LogP contribution in [0, 0.1) is 0 Å². The summed E-state index contributed by atoms with van der Waals surface area (Å²) in [6.07, 6.45) is 4.59. The third-order valence-electron chi connectivity index (χ3n) is 4.24. The lowest BCUT2D eigenvalue weighted by Gasteiger charge is -2.29. The molecule has 124 valence electrons. The zero-order valence-electron chi connectivity index (χ0n) is 12.9. The van der Waals surface area contributed by atoms with Crippen LogP contribution in [-0.2, 0) is 0 Å². The molecule has 0 aliphatic carbocycles. The number of anilines is 1. The highest BCUT2D eigenvalue weighted by molar-refractivity contribution is 6.33. The van der Waals surface area contributed by atoms with Crippen LogP contribution in [0.4, 0.5) is 5.69 Å². The van der Waals surface area contributed by atoms with Crippen molar-refractivity contribution in [2.24, 2.45) is 0 Å². The molecule has 6 nitrogen and oxygen atoms in total. The smallest absolute Gasteiger partial charge is 0.285 e. The maximum absolute atomic E-state index is 11.6. The molecule has 0 radical (unpaired) electrons. The van der Waals surface area contributed by atoms with Crippen molar-refractivity contribution in [2.45, 2.75) is 6.42 Å². The van der Waals surface area contributed by atoms with E-state index in [0.717, 1.165) is 30.0 Å². The minimum atomic E-state index is -0.365. The molecule has 2 aromatic rings. The topological polar surface area (TPSA) is 67.5 Å². The molecule has 0 amide bonds. The van der Waals surface area contributed by atoms with E-state index in [2.05, 4.69) is 22.3 Å². The van der Waals surface area contributed by atoms with Crippen LogP contribution in [0.25, 0.3) is 5.57 Å². The van der Waals surface area contributed by atoms with Gasteiger partial charge in [-0.1, -0.05) is 23.7 Å². The van der Waals surface area contributed by atoms with E-state index in [1.54, 1.807) is 6.20 Å². The molecule has 2 aliphatic rings. The summed E-state index contributed by atoms with van der Waals surface area (Å²) in [7, 11) is 0. The predicted molar refractivity (Wildman–Crippen MR) is 92.1 cm³/mol. The number of H-pyrrole nitrogens is 1. The van der Waals surface area contributed by atoms with Gasteiger partial charge in [0, 0.05) is 13.1 Å². The highest BCUT2D eigenvalue weighted by Crippen LogP contribution is 2.35. The van der Waals surface area contributed by atoms with Crippen molar-refractivity contribution in [3.63, 3.8) is 0 Å². The van der Waals surface area contributed by atoms with Gasteiger partial charge in [-0.25, -0.2) is 5.10 Å². The number of nitrogens with zero attached hydrogens (tertiary/aromatic N) is 2. The fourth-order valence-electron chi connectivity index (χ4n) is 2.99. The Kier molecular flexibility index (Phi) is 3.90. The van der Waals surface area contributed by atoms with Crippen molar-refractivity contribution < 1.29 is 9.47 Å². The number of ether oxygens (including phenoxy) is 2. The molecule has 0 saturated heterocycles. The van der Waals surface area contributed by atoms with Gasteiger partial charge >= 0.3 is 0 Å². The number of fused-ring (bicyclic) bond motifs is 1. The summed E-state index contributed by atoms with van der Waals surface area (Å²) in [4.78, 5) is 13.6. The second-order valence-electron chi connectivity index (χ2n) is 5.68. The monoisotopic (exact) mass is 345 g/mol. The zero-order valence-corrected chi connectivity index (χ0v) is 13.7. The van der Waals surface area contributed by atoms with Crippen LogP contribution >= 0.6 is 11.6 Å². The van der Waals surface area contributed by atoms with E-state index in [9.17, 15) is 4.79 Å². The SMILES string of the molecule is O=c1[nH]ncc(N2CC=C(c3ccc4c(c3)OCCO4)CC2)c1Cl. The summed E-state index contributed by atoms with van der Waals surface area (Å²) < 4.78 is 11.2. The van der Waals surface area contributed by atoms with E-state index >= 15 is 0 Å². The summed E-state index contributed by atoms with van der Waals surface area (Å²) in [5.41, 5.74) is 2.68. The summed E-state index contributed by atoms with van der Waals surface area (Å²) in [5, 5.41) is 6.35. The van der Waals surface area contributed by atoms with Crippen LogP contribution in [0.3, 0.4) is 0 Å². The minimum absolute atomic E-state index is 0.182. The van der Waals surface area contributed by atoms with Crippen molar-refractivity contribution in [3.8, 4) is 11.5 Å². The second-order valence-corrected chi connectivity index (χ2v) is 6.06. The van der Waals surface area contributed by atoms with Gasteiger partial charge in [0.1, 0.15) is 18.2 Å². The molecular weight excluding hydrogens is 330 g/mol. The van der Waals surface area contributed by atoms with Gasteiger partial charge in [-0.05, 0) is 29.7 Å². The van der Waals surface area contributed by atoms with E-state index in [-0.39, 0.29) is 10.6 Å².